The maximum absolute atomic E-state index is 9.19. The Bertz CT molecular complexity index is 315. The molecule has 0 amide bonds. The molecule has 3 nitrogen and oxygen atoms in total. The summed E-state index contributed by atoms with van der Waals surface area (Å²) in [5, 5.41) is 12.8. The van der Waals surface area contributed by atoms with E-state index in [1.54, 1.807) is 12.1 Å². The minimum atomic E-state index is 0.336. The van der Waals surface area contributed by atoms with Crippen LogP contribution in [0.1, 0.15) is 24.8 Å². The second-order valence-electron chi connectivity index (χ2n) is 4.61. The third kappa shape index (κ3) is 4.36. The minimum Gasteiger partial charge on any atom is -0.508 e. The molecule has 1 atom stereocenters. The Morgan fingerprint density at radius 3 is 2.82 bits per heavy atom. The second kappa shape index (κ2) is 6.62. The Hall–Kier alpha value is -1.06. The monoisotopic (exact) mass is 235 g/mol. The summed E-state index contributed by atoms with van der Waals surface area (Å²) >= 11 is 0. The molecule has 0 bridgehead atoms. The van der Waals surface area contributed by atoms with Crippen LogP contribution in [0.4, 0.5) is 0 Å². The van der Waals surface area contributed by atoms with Crippen LogP contribution in [0.15, 0.2) is 24.3 Å². The van der Waals surface area contributed by atoms with E-state index in [4.69, 9.17) is 4.74 Å². The zero-order valence-corrected chi connectivity index (χ0v) is 10.2. The number of phenolic OH excluding ortho intramolecular Hbond substituents is 1. The number of rotatable bonds is 4. The van der Waals surface area contributed by atoms with Crippen LogP contribution in [-0.4, -0.2) is 30.9 Å². The van der Waals surface area contributed by atoms with Gasteiger partial charge in [0.05, 0.1) is 0 Å². The van der Waals surface area contributed by atoms with E-state index in [0.717, 1.165) is 39.0 Å². The summed E-state index contributed by atoms with van der Waals surface area (Å²) in [5.41, 5.74) is 1.26. The van der Waals surface area contributed by atoms with Gasteiger partial charge in [0, 0.05) is 19.3 Å². The fraction of sp³-hybridized carbons (Fsp3) is 0.571. The molecule has 1 unspecified atom stereocenters. The number of nitrogens with one attached hydrogen (secondary N) is 1. The van der Waals surface area contributed by atoms with E-state index in [-0.39, 0.29) is 0 Å². The number of hydrogen-bond acceptors (Lipinski definition) is 3. The standard InChI is InChI=1S/C14H21NO2/c16-14-5-3-12(4-6-14)7-9-15-13-2-1-10-17-11-8-13/h3-6,13,15-16H,1-2,7-11H2. The van der Waals surface area contributed by atoms with Crippen LogP contribution in [0, 0.1) is 0 Å². The van der Waals surface area contributed by atoms with Gasteiger partial charge in [0.2, 0.25) is 0 Å². The second-order valence-corrected chi connectivity index (χ2v) is 4.61. The molecule has 1 saturated heterocycles. The molecule has 1 heterocycles. The number of phenols is 1. The van der Waals surface area contributed by atoms with Crippen LogP contribution in [0.5, 0.6) is 5.75 Å². The largest absolute Gasteiger partial charge is 0.508 e. The predicted octanol–water partition coefficient (Wildman–Crippen LogP) is 2.09. The Labute approximate surface area is 103 Å². The number of ether oxygens (including phenoxy) is 1. The van der Waals surface area contributed by atoms with E-state index < -0.39 is 0 Å². The highest BCUT2D eigenvalue weighted by Gasteiger charge is 2.10. The van der Waals surface area contributed by atoms with E-state index in [0.29, 0.717) is 11.8 Å². The first-order chi connectivity index (χ1) is 8.34. The topological polar surface area (TPSA) is 41.5 Å². The van der Waals surface area contributed by atoms with E-state index in [1.807, 2.05) is 12.1 Å². The van der Waals surface area contributed by atoms with Crippen LogP contribution in [-0.2, 0) is 11.2 Å². The van der Waals surface area contributed by atoms with Gasteiger partial charge in [-0.15, -0.1) is 0 Å². The molecule has 1 aliphatic rings. The smallest absolute Gasteiger partial charge is 0.115 e. The number of hydrogen-bond donors (Lipinski definition) is 2. The molecule has 1 aromatic carbocycles. The third-order valence-electron chi connectivity index (χ3n) is 3.23. The Kier molecular flexibility index (Phi) is 4.83. The van der Waals surface area contributed by atoms with Crippen molar-refractivity contribution in [2.45, 2.75) is 31.7 Å². The molecule has 2 rings (SSSR count). The molecule has 0 aromatic heterocycles. The summed E-state index contributed by atoms with van der Waals surface area (Å²) in [7, 11) is 0. The average Bonchev–Trinajstić information content (AvgIpc) is 2.60. The van der Waals surface area contributed by atoms with E-state index in [2.05, 4.69) is 5.32 Å². The maximum Gasteiger partial charge on any atom is 0.115 e. The highest BCUT2D eigenvalue weighted by atomic mass is 16.5. The summed E-state index contributed by atoms with van der Waals surface area (Å²) in [4.78, 5) is 0. The SMILES string of the molecule is Oc1ccc(CCNC2CCCOCC2)cc1. The highest BCUT2D eigenvalue weighted by molar-refractivity contribution is 5.25. The fourth-order valence-corrected chi connectivity index (χ4v) is 2.19. The van der Waals surface area contributed by atoms with Gasteiger partial charge in [-0.25, -0.2) is 0 Å². The summed E-state index contributed by atoms with van der Waals surface area (Å²) in [6.45, 7) is 2.79. The van der Waals surface area contributed by atoms with Crippen molar-refractivity contribution >= 4 is 0 Å². The average molecular weight is 235 g/mol. The molecule has 1 aliphatic heterocycles. The Morgan fingerprint density at radius 1 is 1.18 bits per heavy atom. The molecule has 0 saturated carbocycles. The Balaban J connectivity index is 1.69. The van der Waals surface area contributed by atoms with E-state index in [1.165, 1.54) is 12.0 Å². The van der Waals surface area contributed by atoms with Crippen molar-refractivity contribution in [2.24, 2.45) is 0 Å². The van der Waals surface area contributed by atoms with Crippen LogP contribution in [0.25, 0.3) is 0 Å². The molecule has 3 heteroatoms. The quantitative estimate of drug-likeness (QED) is 0.839. The molecule has 0 radical (unpaired) electrons. The third-order valence-corrected chi connectivity index (χ3v) is 3.23. The summed E-state index contributed by atoms with van der Waals surface area (Å²) in [5.74, 6) is 0.336. The van der Waals surface area contributed by atoms with Gasteiger partial charge < -0.3 is 15.2 Å². The first kappa shape index (κ1) is 12.4. The molecule has 1 aromatic rings. The lowest BCUT2D eigenvalue weighted by Gasteiger charge is -2.15. The van der Waals surface area contributed by atoms with Crippen LogP contribution in [0.3, 0.4) is 0 Å². The molecule has 2 N–H and O–H groups in total. The first-order valence-corrected chi connectivity index (χ1v) is 6.43. The molecule has 0 spiro atoms. The van der Waals surface area contributed by atoms with E-state index >= 15 is 0 Å². The Morgan fingerprint density at radius 2 is 2.00 bits per heavy atom. The predicted molar refractivity (Wildman–Crippen MR) is 68.3 cm³/mol. The van der Waals surface area contributed by atoms with Gasteiger partial charge in [0.1, 0.15) is 5.75 Å². The van der Waals surface area contributed by atoms with Gasteiger partial charge in [-0.3, -0.25) is 0 Å². The van der Waals surface area contributed by atoms with Crippen LogP contribution >= 0.6 is 0 Å². The number of aromatic hydroxyl groups is 1. The van der Waals surface area contributed by atoms with Crippen LogP contribution in [0.2, 0.25) is 0 Å². The van der Waals surface area contributed by atoms with Crippen molar-refractivity contribution in [3.8, 4) is 5.75 Å². The lowest BCUT2D eigenvalue weighted by molar-refractivity contribution is 0.142. The minimum absolute atomic E-state index is 0.336. The van der Waals surface area contributed by atoms with E-state index in [9.17, 15) is 5.11 Å². The maximum atomic E-state index is 9.19. The summed E-state index contributed by atoms with van der Waals surface area (Å²) in [6.07, 6.45) is 4.51. The van der Waals surface area contributed by atoms with Crippen molar-refractivity contribution < 1.29 is 9.84 Å². The van der Waals surface area contributed by atoms with Crippen molar-refractivity contribution in [3.05, 3.63) is 29.8 Å². The first-order valence-electron chi connectivity index (χ1n) is 6.43. The lowest BCUT2D eigenvalue weighted by atomic mass is 10.1. The van der Waals surface area contributed by atoms with Crippen molar-refractivity contribution in [3.63, 3.8) is 0 Å². The molecule has 1 fully saturated rings. The molecule has 17 heavy (non-hydrogen) atoms. The van der Waals surface area contributed by atoms with Gasteiger partial charge in [0.15, 0.2) is 0 Å². The van der Waals surface area contributed by atoms with Gasteiger partial charge in [-0.2, -0.15) is 0 Å². The lowest BCUT2D eigenvalue weighted by Crippen LogP contribution is -2.31. The van der Waals surface area contributed by atoms with Gasteiger partial charge in [0.25, 0.3) is 0 Å². The van der Waals surface area contributed by atoms with Gasteiger partial charge in [-0.05, 0) is 49.9 Å². The summed E-state index contributed by atoms with van der Waals surface area (Å²) < 4.78 is 5.43. The zero-order chi connectivity index (χ0) is 11.9. The van der Waals surface area contributed by atoms with Crippen molar-refractivity contribution in [1.29, 1.82) is 0 Å². The van der Waals surface area contributed by atoms with Crippen molar-refractivity contribution in [2.75, 3.05) is 19.8 Å². The normalized spacial score (nSPS) is 21.1. The highest BCUT2D eigenvalue weighted by Crippen LogP contribution is 2.11. The molecular formula is C14H21NO2. The summed E-state index contributed by atoms with van der Waals surface area (Å²) in [6, 6.07) is 8.05. The molecule has 94 valence electrons. The van der Waals surface area contributed by atoms with Gasteiger partial charge in [-0.1, -0.05) is 12.1 Å². The zero-order valence-electron chi connectivity index (χ0n) is 10.2. The fourth-order valence-electron chi connectivity index (χ4n) is 2.19. The molecule has 0 aliphatic carbocycles. The molecular weight excluding hydrogens is 214 g/mol. The van der Waals surface area contributed by atoms with Crippen LogP contribution < -0.4 is 5.32 Å². The number of benzene rings is 1. The van der Waals surface area contributed by atoms with Crippen molar-refractivity contribution in [1.82, 2.24) is 5.32 Å². The van der Waals surface area contributed by atoms with Gasteiger partial charge >= 0.3 is 0 Å².